The minimum Gasteiger partial charge on any atom is -0.478 e. The lowest BCUT2D eigenvalue weighted by molar-refractivity contribution is -0.245. The van der Waals surface area contributed by atoms with Crippen LogP contribution in [0.25, 0.3) is 0 Å². The van der Waals surface area contributed by atoms with Gasteiger partial charge < -0.3 is 25.0 Å². The lowest BCUT2D eigenvalue weighted by Crippen LogP contribution is -2.31. The van der Waals surface area contributed by atoms with Crippen LogP contribution >= 0.6 is 11.8 Å². The topological polar surface area (TPSA) is 118 Å². The summed E-state index contributed by atoms with van der Waals surface area (Å²) < 4.78 is 12.7. The first-order chi connectivity index (χ1) is 19.5. The number of rotatable bonds is 9. The van der Waals surface area contributed by atoms with Crippen molar-refractivity contribution in [1.82, 2.24) is 4.98 Å². The second-order valence-electron chi connectivity index (χ2n) is 9.28. The van der Waals surface area contributed by atoms with Crippen LogP contribution in [-0.2, 0) is 16.1 Å². The maximum Gasteiger partial charge on any atom is 0.336 e. The molecule has 4 aromatic rings. The molecule has 204 valence electrons. The van der Waals surface area contributed by atoms with Gasteiger partial charge in [0.2, 0.25) is 0 Å². The molecular weight excluding hydrogens is 528 g/mol. The van der Waals surface area contributed by atoms with Crippen LogP contribution in [0.2, 0.25) is 0 Å². The first-order valence-corrected chi connectivity index (χ1v) is 13.8. The highest BCUT2D eigenvalue weighted by atomic mass is 32.2. The zero-order valence-electron chi connectivity index (χ0n) is 21.5. The molecule has 0 radical (unpaired) electrons. The zero-order valence-corrected chi connectivity index (χ0v) is 22.3. The molecule has 0 aliphatic carbocycles. The molecular formula is C31H28N2O6S. The summed E-state index contributed by atoms with van der Waals surface area (Å²) in [4.78, 5) is 28.8. The number of hydrogen-bond acceptors (Lipinski definition) is 7. The van der Waals surface area contributed by atoms with Gasteiger partial charge in [-0.1, -0.05) is 48.5 Å². The van der Waals surface area contributed by atoms with E-state index >= 15 is 0 Å². The number of thioether (sulfide) groups is 1. The van der Waals surface area contributed by atoms with E-state index in [1.54, 1.807) is 48.7 Å². The fourth-order valence-corrected chi connectivity index (χ4v) is 5.46. The van der Waals surface area contributed by atoms with Crippen molar-refractivity contribution in [2.75, 3.05) is 11.1 Å². The van der Waals surface area contributed by atoms with Crippen LogP contribution < -0.4 is 5.32 Å². The molecule has 1 amide bonds. The number of aromatic carboxylic acids is 1. The van der Waals surface area contributed by atoms with Gasteiger partial charge in [0, 0.05) is 40.7 Å². The summed E-state index contributed by atoms with van der Waals surface area (Å²) in [5.41, 5.74) is 3.92. The second-order valence-corrected chi connectivity index (χ2v) is 10.3. The lowest BCUT2D eigenvalue weighted by atomic mass is 10.0. The van der Waals surface area contributed by atoms with Gasteiger partial charge in [0.25, 0.3) is 5.91 Å². The number of aromatic nitrogens is 1. The third-order valence-electron chi connectivity index (χ3n) is 6.52. The third-order valence-corrected chi connectivity index (χ3v) is 7.73. The summed E-state index contributed by atoms with van der Waals surface area (Å²) in [6.45, 7) is -0.0382. The SMILES string of the molecule is O=C(Nc1ccc([C@@H]2O[C@H](CSc3ccccc3C(=O)O)C[C@H](c3ccc(CO)cc3)O2)cc1)c1cccnc1. The quantitative estimate of drug-likeness (QED) is 0.219. The predicted molar refractivity (Wildman–Crippen MR) is 151 cm³/mol. The van der Waals surface area contributed by atoms with E-state index in [9.17, 15) is 19.8 Å². The molecule has 1 aromatic heterocycles. The Morgan fingerprint density at radius 2 is 1.68 bits per heavy atom. The molecule has 2 heterocycles. The van der Waals surface area contributed by atoms with Crippen LogP contribution in [0.5, 0.6) is 0 Å². The fraction of sp³-hybridized carbons (Fsp3) is 0.194. The maximum absolute atomic E-state index is 12.5. The van der Waals surface area contributed by atoms with Crippen molar-refractivity contribution in [2.45, 2.75) is 36.4 Å². The Balaban J connectivity index is 1.33. The first-order valence-electron chi connectivity index (χ1n) is 12.8. The Morgan fingerprint density at radius 1 is 0.925 bits per heavy atom. The Kier molecular flexibility index (Phi) is 8.87. The van der Waals surface area contributed by atoms with Crippen molar-refractivity contribution >= 4 is 29.3 Å². The molecule has 8 nitrogen and oxygen atoms in total. The van der Waals surface area contributed by atoms with Crippen LogP contribution in [0, 0.1) is 0 Å². The molecule has 0 spiro atoms. The van der Waals surface area contributed by atoms with Gasteiger partial charge >= 0.3 is 5.97 Å². The van der Waals surface area contributed by atoms with Gasteiger partial charge in [-0.05, 0) is 47.5 Å². The molecule has 0 bridgehead atoms. The maximum atomic E-state index is 12.5. The standard InChI is InChI=1S/C31H28N2O6S/c34-18-20-7-9-21(10-8-20)27-16-25(19-40-28-6-2-1-5-26(28)30(36)37)38-31(39-27)22-11-13-24(14-12-22)33-29(35)23-4-3-15-32-17-23/h1-15,17,25,27,31,34H,16,18-19H2,(H,33,35)(H,36,37)/t25-,27+,31+/m0/s1. The highest BCUT2D eigenvalue weighted by Crippen LogP contribution is 2.40. The summed E-state index contributed by atoms with van der Waals surface area (Å²) in [6.07, 6.45) is 2.54. The summed E-state index contributed by atoms with van der Waals surface area (Å²) >= 11 is 1.44. The van der Waals surface area contributed by atoms with Gasteiger partial charge in [-0.25, -0.2) is 4.79 Å². The van der Waals surface area contributed by atoms with E-state index in [0.717, 1.165) is 16.7 Å². The van der Waals surface area contributed by atoms with Crippen LogP contribution in [-0.4, -0.2) is 38.9 Å². The van der Waals surface area contributed by atoms with Gasteiger partial charge in [0.05, 0.1) is 29.9 Å². The van der Waals surface area contributed by atoms with Gasteiger partial charge in [0.1, 0.15) is 0 Å². The number of nitrogens with one attached hydrogen (secondary N) is 1. The van der Waals surface area contributed by atoms with Crippen molar-refractivity contribution < 1.29 is 29.3 Å². The normalized spacial score (nSPS) is 18.7. The molecule has 9 heteroatoms. The molecule has 1 fully saturated rings. The Morgan fingerprint density at radius 3 is 2.38 bits per heavy atom. The number of benzene rings is 3. The summed E-state index contributed by atoms with van der Waals surface area (Å²) in [5, 5.41) is 21.8. The van der Waals surface area contributed by atoms with Crippen molar-refractivity contribution in [3.63, 3.8) is 0 Å². The number of anilines is 1. The van der Waals surface area contributed by atoms with Crippen LogP contribution in [0.15, 0.2) is 102 Å². The third kappa shape index (κ3) is 6.75. The summed E-state index contributed by atoms with van der Waals surface area (Å²) in [7, 11) is 0. The number of carboxylic acid groups (broad SMARTS) is 1. The van der Waals surface area contributed by atoms with Crippen molar-refractivity contribution in [3.05, 3.63) is 125 Å². The van der Waals surface area contributed by atoms with E-state index < -0.39 is 12.3 Å². The van der Waals surface area contributed by atoms with E-state index in [0.29, 0.717) is 28.3 Å². The van der Waals surface area contributed by atoms with Crippen LogP contribution in [0.1, 0.15) is 56.2 Å². The number of carboxylic acids is 1. The summed E-state index contributed by atoms with van der Waals surface area (Å²) in [5.74, 6) is -0.684. The molecule has 0 saturated carbocycles. The molecule has 3 N–H and O–H groups in total. The first kappa shape index (κ1) is 27.5. The minimum absolute atomic E-state index is 0.0382. The average molecular weight is 557 g/mol. The monoisotopic (exact) mass is 556 g/mol. The molecule has 40 heavy (non-hydrogen) atoms. The largest absolute Gasteiger partial charge is 0.478 e. The molecule has 1 saturated heterocycles. The average Bonchev–Trinajstić information content (AvgIpc) is 3.01. The number of aliphatic hydroxyl groups is 1. The Labute approximate surface area is 236 Å². The minimum atomic E-state index is -0.966. The molecule has 1 aliphatic rings. The number of amides is 1. The molecule has 1 aliphatic heterocycles. The van der Waals surface area contributed by atoms with Gasteiger partial charge in [-0.3, -0.25) is 9.78 Å². The van der Waals surface area contributed by atoms with E-state index in [1.165, 1.54) is 18.0 Å². The molecule has 0 unspecified atom stereocenters. The predicted octanol–water partition coefficient (Wildman–Crippen LogP) is 5.86. The lowest BCUT2D eigenvalue weighted by Gasteiger charge is -2.36. The van der Waals surface area contributed by atoms with E-state index in [2.05, 4.69) is 10.3 Å². The van der Waals surface area contributed by atoms with Crippen LogP contribution in [0.3, 0.4) is 0 Å². The Hall–Kier alpha value is -4.02. The number of nitrogens with zero attached hydrogens (tertiary/aromatic N) is 1. The van der Waals surface area contributed by atoms with Gasteiger partial charge in [-0.15, -0.1) is 11.8 Å². The number of hydrogen-bond donors (Lipinski definition) is 3. The number of carbonyl (C=O) groups is 2. The van der Waals surface area contributed by atoms with E-state index in [1.807, 2.05) is 42.5 Å². The molecule has 5 rings (SSSR count). The summed E-state index contributed by atoms with van der Waals surface area (Å²) in [6, 6.07) is 25.3. The van der Waals surface area contributed by atoms with Gasteiger partial charge in [0.15, 0.2) is 6.29 Å². The number of ether oxygens (including phenoxy) is 2. The van der Waals surface area contributed by atoms with E-state index in [-0.39, 0.29) is 30.3 Å². The van der Waals surface area contributed by atoms with Crippen molar-refractivity contribution in [1.29, 1.82) is 0 Å². The van der Waals surface area contributed by atoms with Crippen molar-refractivity contribution in [3.8, 4) is 0 Å². The van der Waals surface area contributed by atoms with Crippen molar-refractivity contribution in [2.24, 2.45) is 0 Å². The highest BCUT2D eigenvalue weighted by Gasteiger charge is 2.32. The number of carbonyl (C=O) groups excluding carboxylic acids is 1. The van der Waals surface area contributed by atoms with E-state index in [4.69, 9.17) is 9.47 Å². The molecule has 3 atom stereocenters. The highest BCUT2D eigenvalue weighted by molar-refractivity contribution is 7.99. The number of aliphatic hydroxyl groups excluding tert-OH is 1. The zero-order chi connectivity index (χ0) is 27.9. The smallest absolute Gasteiger partial charge is 0.336 e. The number of pyridine rings is 1. The van der Waals surface area contributed by atoms with Gasteiger partial charge in [-0.2, -0.15) is 0 Å². The second kappa shape index (κ2) is 12.9. The van der Waals surface area contributed by atoms with Crippen LogP contribution in [0.4, 0.5) is 5.69 Å². The fourth-order valence-electron chi connectivity index (χ4n) is 4.40. The molecule has 3 aromatic carbocycles. The Bertz CT molecular complexity index is 1450.